The Morgan fingerprint density at radius 2 is 1.96 bits per heavy atom. The minimum atomic E-state index is -3.57. The quantitative estimate of drug-likeness (QED) is 0.563. The van der Waals surface area contributed by atoms with Gasteiger partial charge in [-0.15, -0.1) is 23.7 Å². The fourth-order valence-corrected chi connectivity index (χ4v) is 5.01. The molecular formula is C17H18ClN3O4S2. The third kappa shape index (κ3) is 4.33. The molecule has 144 valence electrons. The molecule has 2 heterocycles. The zero-order valence-electron chi connectivity index (χ0n) is 14.2. The summed E-state index contributed by atoms with van der Waals surface area (Å²) in [5.41, 5.74) is 3.39. The monoisotopic (exact) mass is 427 g/mol. The highest BCUT2D eigenvalue weighted by Crippen LogP contribution is 2.32. The number of nitrogens with one attached hydrogen (secondary N) is 2. The maximum Gasteiger partial charge on any atom is 0.242 e. The lowest BCUT2D eigenvalue weighted by Gasteiger charge is -2.09. The van der Waals surface area contributed by atoms with Crippen molar-refractivity contribution in [3.05, 3.63) is 47.5 Å². The molecule has 2 aromatic carbocycles. The number of hydrogen-bond donors (Lipinski definition) is 2. The molecule has 10 heteroatoms. The molecule has 0 aliphatic carbocycles. The van der Waals surface area contributed by atoms with Gasteiger partial charge in [0.2, 0.25) is 16.8 Å². The Bertz CT molecular complexity index is 1040. The molecule has 1 aromatic heterocycles. The topological polar surface area (TPSA) is 89.6 Å². The normalized spacial score (nSPS) is 12.9. The summed E-state index contributed by atoms with van der Waals surface area (Å²) in [5.74, 6) is 1.49. The van der Waals surface area contributed by atoms with Gasteiger partial charge in [0, 0.05) is 19.6 Å². The second-order valence-corrected chi connectivity index (χ2v) is 8.31. The molecule has 0 fully saturated rings. The molecule has 0 amide bonds. The van der Waals surface area contributed by atoms with E-state index in [9.17, 15) is 8.42 Å². The van der Waals surface area contributed by atoms with E-state index in [1.807, 2.05) is 18.2 Å². The van der Waals surface area contributed by atoms with E-state index < -0.39 is 10.0 Å². The van der Waals surface area contributed by atoms with Gasteiger partial charge in [-0.05, 0) is 29.8 Å². The zero-order valence-corrected chi connectivity index (χ0v) is 16.6. The first-order valence-corrected chi connectivity index (χ1v) is 10.4. The third-order valence-electron chi connectivity index (χ3n) is 3.97. The molecule has 0 unspecified atom stereocenters. The molecule has 0 saturated carbocycles. The van der Waals surface area contributed by atoms with Crippen LogP contribution in [0, 0.1) is 0 Å². The van der Waals surface area contributed by atoms with Crippen LogP contribution in [0.4, 0.5) is 0 Å². The fourth-order valence-electron chi connectivity index (χ4n) is 2.71. The van der Waals surface area contributed by atoms with Crippen molar-refractivity contribution in [2.24, 2.45) is 0 Å². The van der Waals surface area contributed by atoms with Gasteiger partial charge in [0.25, 0.3) is 0 Å². The molecule has 2 N–H and O–H groups in total. The van der Waals surface area contributed by atoms with Crippen LogP contribution in [-0.2, 0) is 16.6 Å². The summed E-state index contributed by atoms with van der Waals surface area (Å²) in [5, 5.41) is 3.22. The number of thiazole rings is 1. The van der Waals surface area contributed by atoms with E-state index in [1.54, 1.807) is 23.7 Å². The molecule has 0 radical (unpaired) electrons. The van der Waals surface area contributed by atoms with Crippen LogP contribution in [0.15, 0.2) is 46.8 Å². The number of ether oxygens (including phenoxy) is 2. The van der Waals surface area contributed by atoms with Crippen LogP contribution < -0.4 is 19.5 Å². The predicted octanol–water partition coefficient (Wildman–Crippen LogP) is 2.51. The van der Waals surface area contributed by atoms with Crippen LogP contribution in [0.25, 0.3) is 10.2 Å². The van der Waals surface area contributed by atoms with Crippen LogP contribution in [0.5, 0.6) is 11.5 Å². The highest BCUT2D eigenvalue weighted by atomic mass is 35.5. The Kier molecular flexibility index (Phi) is 6.18. The van der Waals surface area contributed by atoms with Crippen LogP contribution in [-0.4, -0.2) is 33.3 Å². The third-order valence-corrected chi connectivity index (χ3v) is 6.48. The Labute approximate surface area is 167 Å². The Morgan fingerprint density at radius 3 is 2.85 bits per heavy atom. The maximum atomic E-state index is 12.5. The summed E-state index contributed by atoms with van der Waals surface area (Å²) in [6.07, 6.45) is 0. The second-order valence-electron chi connectivity index (χ2n) is 5.72. The van der Waals surface area contributed by atoms with E-state index in [4.69, 9.17) is 9.47 Å². The van der Waals surface area contributed by atoms with Gasteiger partial charge in [-0.2, -0.15) is 0 Å². The average molecular weight is 428 g/mol. The lowest BCUT2D eigenvalue weighted by Crippen LogP contribution is -2.31. The largest absolute Gasteiger partial charge is 0.454 e. The van der Waals surface area contributed by atoms with Crippen molar-refractivity contribution < 1.29 is 17.9 Å². The van der Waals surface area contributed by atoms with Gasteiger partial charge in [-0.25, -0.2) is 18.1 Å². The van der Waals surface area contributed by atoms with Crippen molar-refractivity contribution >= 4 is 44.0 Å². The first-order valence-electron chi connectivity index (χ1n) is 8.05. The molecule has 1 aliphatic rings. The molecule has 3 aromatic rings. The molecule has 0 saturated heterocycles. The fraction of sp³-hybridized carbons (Fsp3) is 0.235. The Morgan fingerprint density at radius 1 is 1.11 bits per heavy atom. The molecule has 7 nitrogen and oxygen atoms in total. The number of rotatable bonds is 7. The first kappa shape index (κ1) is 19.8. The van der Waals surface area contributed by atoms with Crippen molar-refractivity contribution in [1.29, 1.82) is 0 Å². The standard InChI is InChI=1S/C17H17N3O4S2.ClH/c21-26(22,16-3-1-2-13-17(16)25-10-19-13)20-7-6-18-9-12-4-5-14-15(8-12)24-11-23-14;/h1-5,8,10,18,20H,6-7,9,11H2;1H. The van der Waals surface area contributed by atoms with E-state index in [0.717, 1.165) is 17.1 Å². The summed E-state index contributed by atoms with van der Waals surface area (Å²) in [6.45, 7) is 1.66. The number of fused-ring (bicyclic) bond motifs is 2. The SMILES string of the molecule is Cl.O=S(=O)(NCCNCc1ccc2c(c1)OCO2)c1cccc2ncsc12. The molecule has 0 spiro atoms. The van der Waals surface area contributed by atoms with Crippen LogP contribution in [0.1, 0.15) is 5.56 Å². The lowest BCUT2D eigenvalue weighted by molar-refractivity contribution is 0.174. The summed E-state index contributed by atoms with van der Waals surface area (Å²) < 4.78 is 39.0. The van der Waals surface area contributed by atoms with E-state index >= 15 is 0 Å². The Hall–Kier alpha value is -1.91. The smallest absolute Gasteiger partial charge is 0.242 e. The molecule has 1 aliphatic heterocycles. The van der Waals surface area contributed by atoms with Gasteiger partial charge in [-0.1, -0.05) is 12.1 Å². The van der Waals surface area contributed by atoms with Crippen molar-refractivity contribution in [2.45, 2.75) is 11.4 Å². The second kappa shape index (κ2) is 8.41. The van der Waals surface area contributed by atoms with Crippen LogP contribution in [0.2, 0.25) is 0 Å². The molecular weight excluding hydrogens is 410 g/mol. The van der Waals surface area contributed by atoms with Crippen molar-refractivity contribution in [2.75, 3.05) is 19.9 Å². The van der Waals surface area contributed by atoms with Crippen LogP contribution >= 0.6 is 23.7 Å². The number of benzene rings is 2. The average Bonchev–Trinajstić information content (AvgIpc) is 3.29. The summed E-state index contributed by atoms with van der Waals surface area (Å²) in [4.78, 5) is 4.43. The predicted molar refractivity (Wildman–Crippen MR) is 106 cm³/mol. The van der Waals surface area contributed by atoms with Crippen molar-refractivity contribution in [3.63, 3.8) is 0 Å². The number of hydrogen-bond acceptors (Lipinski definition) is 7. The van der Waals surface area contributed by atoms with Gasteiger partial charge in [-0.3, -0.25) is 0 Å². The summed E-state index contributed by atoms with van der Waals surface area (Å²) in [7, 11) is -3.57. The molecule has 0 bridgehead atoms. The Balaban J connectivity index is 0.00000210. The van der Waals surface area contributed by atoms with E-state index in [2.05, 4.69) is 15.0 Å². The van der Waals surface area contributed by atoms with E-state index in [0.29, 0.717) is 29.9 Å². The minimum Gasteiger partial charge on any atom is -0.454 e. The van der Waals surface area contributed by atoms with E-state index in [-0.39, 0.29) is 24.1 Å². The molecule has 4 rings (SSSR count). The highest BCUT2D eigenvalue weighted by Gasteiger charge is 2.18. The first-order chi connectivity index (χ1) is 12.6. The van der Waals surface area contributed by atoms with Gasteiger partial charge in [0.05, 0.1) is 15.7 Å². The number of halogens is 1. The zero-order chi connectivity index (χ0) is 18.0. The molecule has 0 atom stereocenters. The van der Waals surface area contributed by atoms with Crippen LogP contribution in [0.3, 0.4) is 0 Å². The van der Waals surface area contributed by atoms with Gasteiger partial charge >= 0.3 is 0 Å². The molecule has 27 heavy (non-hydrogen) atoms. The van der Waals surface area contributed by atoms with Gasteiger partial charge in [0.15, 0.2) is 11.5 Å². The van der Waals surface area contributed by atoms with E-state index in [1.165, 1.54) is 11.3 Å². The van der Waals surface area contributed by atoms with Crippen molar-refractivity contribution in [1.82, 2.24) is 15.0 Å². The number of aromatic nitrogens is 1. The summed E-state index contributed by atoms with van der Waals surface area (Å²) in [6, 6.07) is 10.9. The van der Waals surface area contributed by atoms with Crippen molar-refractivity contribution in [3.8, 4) is 11.5 Å². The highest BCUT2D eigenvalue weighted by molar-refractivity contribution is 7.90. The maximum absolute atomic E-state index is 12.5. The lowest BCUT2D eigenvalue weighted by atomic mass is 10.2. The number of sulfonamides is 1. The number of nitrogens with zero attached hydrogens (tertiary/aromatic N) is 1. The van der Waals surface area contributed by atoms with Gasteiger partial charge < -0.3 is 14.8 Å². The van der Waals surface area contributed by atoms with Gasteiger partial charge in [0.1, 0.15) is 4.90 Å². The minimum absolute atomic E-state index is 0. The summed E-state index contributed by atoms with van der Waals surface area (Å²) >= 11 is 1.32.